The molecule has 0 unspecified atom stereocenters. The number of aromatic nitrogens is 1. The van der Waals surface area contributed by atoms with Crippen molar-refractivity contribution >= 4 is 12.0 Å². The average molecular weight is 344 g/mol. The topological polar surface area (TPSA) is 43.3 Å². The molecule has 4 heteroatoms. The van der Waals surface area contributed by atoms with Gasteiger partial charge in [-0.1, -0.05) is 19.3 Å². The Bertz CT molecular complexity index is 606. The van der Waals surface area contributed by atoms with Crippen LogP contribution in [0.25, 0.3) is 6.08 Å². The molecular formula is C21H32N2O2. The lowest BCUT2D eigenvalue weighted by Gasteiger charge is -2.26. The first-order valence-electron chi connectivity index (χ1n) is 9.87. The van der Waals surface area contributed by atoms with Crippen LogP contribution in [0, 0.1) is 19.8 Å². The van der Waals surface area contributed by atoms with Crippen molar-refractivity contribution in [2.24, 2.45) is 5.92 Å². The van der Waals surface area contributed by atoms with E-state index in [0.717, 1.165) is 26.1 Å². The number of hydrogen-bond acceptors (Lipinski definition) is 2. The maximum absolute atomic E-state index is 12.1. The summed E-state index contributed by atoms with van der Waals surface area (Å²) in [5.74, 6) is 0.454. The summed E-state index contributed by atoms with van der Waals surface area (Å²) in [7, 11) is 0. The van der Waals surface area contributed by atoms with Crippen LogP contribution in [-0.4, -0.2) is 30.2 Å². The second kappa shape index (κ2) is 8.70. The number of carbonyl (C=O) groups is 1. The second-order valence-electron chi connectivity index (χ2n) is 7.65. The van der Waals surface area contributed by atoms with Gasteiger partial charge < -0.3 is 14.6 Å². The molecule has 25 heavy (non-hydrogen) atoms. The van der Waals surface area contributed by atoms with Crippen molar-refractivity contribution < 1.29 is 9.53 Å². The second-order valence-corrected chi connectivity index (χ2v) is 7.65. The van der Waals surface area contributed by atoms with Crippen molar-refractivity contribution in [1.82, 2.24) is 9.88 Å². The van der Waals surface area contributed by atoms with Gasteiger partial charge in [-0.05, 0) is 63.2 Å². The van der Waals surface area contributed by atoms with Gasteiger partial charge >= 0.3 is 0 Å². The molecule has 2 fully saturated rings. The Morgan fingerprint density at radius 1 is 1.24 bits per heavy atom. The van der Waals surface area contributed by atoms with Gasteiger partial charge in [-0.25, -0.2) is 0 Å². The first-order chi connectivity index (χ1) is 12.1. The monoisotopic (exact) mass is 344 g/mol. The van der Waals surface area contributed by atoms with E-state index in [1.165, 1.54) is 49.1 Å². The van der Waals surface area contributed by atoms with Crippen LogP contribution in [0.3, 0.4) is 0 Å². The summed E-state index contributed by atoms with van der Waals surface area (Å²) in [5.41, 5.74) is 3.76. The Labute approximate surface area is 151 Å². The number of rotatable bonds is 5. The fourth-order valence-corrected chi connectivity index (χ4v) is 4.31. The molecule has 1 aliphatic heterocycles. The van der Waals surface area contributed by atoms with Crippen LogP contribution >= 0.6 is 0 Å². The predicted octanol–water partition coefficient (Wildman–Crippen LogP) is 4.17. The molecule has 1 aromatic heterocycles. The van der Waals surface area contributed by atoms with E-state index in [9.17, 15) is 4.79 Å². The maximum Gasteiger partial charge on any atom is 0.244 e. The lowest BCUT2D eigenvalue weighted by atomic mass is 9.95. The fourth-order valence-electron chi connectivity index (χ4n) is 4.31. The molecule has 1 aromatic rings. The van der Waals surface area contributed by atoms with Crippen LogP contribution in [0.15, 0.2) is 12.1 Å². The molecule has 1 aliphatic carbocycles. The average Bonchev–Trinajstić information content (AvgIpc) is 2.93. The van der Waals surface area contributed by atoms with Gasteiger partial charge in [-0.3, -0.25) is 4.79 Å². The zero-order valence-electron chi connectivity index (χ0n) is 15.7. The minimum Gasteiger partial charge on any atom is -0.381 e. The van der Waals surface area contributed by atoms with Gasteiger partial charge in [-0.15, -0.1) is 0 Å². The Hall–Kier alpha value is -1.55. The van der Waals surface area contributed by atoms with Crippen molar-refractivity contribution in [1.29, 1.82) is 0 Å². The van der Waals surface area contributed by atoms with Crippen LogP contribution in [0.5, 0.6) is 0 Å². The molecule has 2 heterocycles. The van der Waals surface area contributed by atoms with E-state index in [-0.39, 0.29) is 5.91 Å². The molecular weight excluding hydrogens is 312 g/mol. The summed E-state index contributed by atoms with van der Waals surface area (Å²) in [6.45, 7) is 6.71. The summed E-state index contributed by atoms with van der Waals surface area (Å²) >= 11 is 0. The molecule has 0 radical (unpaired) electrons. The SMILES string of the molecule is Cc1cc(/C=C\C(=O)NC[C@@H]2CCCOC2)c(C)n1C1CCCCC1. The van der Waals surface area contributed by atoms with Gasteiger partial charge in [0.2, 0.25) is 5.91 Å². The normalized spacial score (nSPS) is 22.4. The molecule has 1 saturated carbocycles. The fraction of sp³-hybridized carbons (Fsp3) is 0.667. The minimum atomic E-state index is -0.00644. The van der Waals surface area contributed by atoms with Crippen molar-refractivity contribution in [3.8, 4) is 0 Å². The third kappa shape index (κ3) is 4.75. The van der Waals surface area contributed by atoms with E-state index in [1.54, 1.807) is 6.08 Å². The van der Waals surface area contributed by atoms with Crippen molar-refractivity contribution in [2.45, 2.75) is 64.8 Å². The van der Waals surface area contributed by atoms with Crippen molar-refractivity contribution in [3.05, 3.63) is 29.1 Å². The molecule has 138 valence electrons. The molecule has 1 atom stereocenters. The summed E-state index contributed by atoms with van der Waals surface area (Å²) in [4.78, 5) is 12.1. The number of nitrogens with zero attached hydrogens (tertiary/aromatic N) is 1. The smallest absolute Gasteiger partial charge is 0.244 e. The Kier molecular flexibility index (Phi) is 6.35. The highest BCUT2D eigenvalue weighted by molar-refractivity contribution is 5.91. The maximum atomic E-state index is 12.1. The molecule has 4 nitrogen and oxygen atoms in total. The number of amides is 1. The molecule has 3 rings (SSSR count). The molecule has 0 aromatic carbocycles. The standard InChI is InChI=1S/C21H32N2O2/c1-16-13-19(17(2)23(16)20-8-4-3-5-9-20)10-11-21(24)22-14-18-7-6-12-25-15-18/h10-11,13,18,20H,3-9,12,14-15H2,1-2H3,(H,22,24)/b11-10-/t18-/m0/s1. The lowest BCUT2D eigenvalue weighted by molar-refractivity contribution is -0.116. The highest BCUT2D eigenvalue weighted by Gasteiger charge is 2.19. The van der Waals surface area contributed by atoms with E-state index in [0.29, 0.717) is 18.5 Å². The molecule has 1 amide bonds. The third-order valence-corrected chi connectivity index (χ3v) is 5.70. The van der Waals surface area contributed by atoms with Gasteiger partial charge in [0, 0.05) is 36.7 Å². The number of aryl methyl sites for hydroxylation is 1. The number of ether oxygens (including phenoxy) is 1. The highest BCUT2D eigenvalue weighted by atomic mass is 16.5. The largest absolute Gasteiger partial charge is 0.381 e. The van der Waals surface area contributed by atoms with Crippen LogP contribution in [0.2, 0.25) is 0 Å². The first kappa shape index (κ1) is 18.2. The van der Waals surface area contributed by atoms with E-state index in [2.05, 4.69) is 29.8 Å². The highest BCUT2D eigenvalue weighted by Crippen LogP contribution is 2.32. The van der Waals surface area contributed by atoms with Crippen LogP contribution < -0.4 is 5.32 Å². The Balaban J connectivity index is 1.58. The predicted molar refractivity (Wildman–Crippen MR) is 102 cm³/mol. The molecule has 0 spiro atoms. The van der Waals surface area contributed by atoms with Crippen LogP contribution in [-0.2, 0) is 9.53 Å². The molecule has 1 saturated heterocycles. The summed E-state index contributed by atoms with van der Waals surface area (Å²) < 4.78 is 7.94. The first-order valence-corrected chi connectivity index (χ1v) is 9.87. The molecule has 1 N–H and O–H groups in total. The quantitative estimate of drug-likeness (QED) is 0.815. The molecule has 2 aliphatic rings. The Morgan fingerprint density at radius 3 is 2.76 bits per heavy atom. The van der Waals surface area contributed by atoms with Gasteiger partial charge in [0.25, 0.3) is 0 Å². The summed E-state index contributed by atoms with van der Waals surface area (Å²) in [5, 5.41) is 3.01. The van der Waals surface area contributed by atoms with Gasteiger partial charge in [0.05, 0.1) is 6.61 Å². The number of carbonyl (C=O) groups excluding carboxylic acids is 1. The van der Waals surface area contributed by atoms with Gasteiger partial charge in [0.1, 0.15) is 0 Å². The van der Waals surface area contributed by atoms with Crippen LogP contribution in [0.4, 0.5) is 0 Å². The Morgan fingerprint density at radius 2 is 2.04 bits per heavy atom. The third-order valence-electron chi connectivity index (χ3n) is 5.70. The van der Waals surface area contributed by atoms with Crippen molar-refractivity contribution in [3.63, 3.8) is 0 Å². The van der Waals surface area contributed by atoms with Crippen molar-refractivity contribution in [2.75, 3.05) is 19.8 Å². The van der Waals surface area contributed by atoms with E-state index < -0.39 is 0 Å². The number of nitrogens with one attached hydrogen (secondary N) is 1. The molecule has 0 bridgehead atoms. The minimum absolute atomic E-state index is 0.00644. The van der Waals surface area contributed by atoms with E-state index >= 15 is 0 Å². The van der Waals surface area contributed by atoms with Crippen LogP contribution in [0.1, 0.15) is 67.9 Å². The van der Waals surface area contributed by atoms with E-state index in [4.69, 9.17) is 4.74 Å². The summed E-state index contributed by atoms with van der Waals surface area (Å²) in [6.07, 6.45) is 12.5. The lowest BCUT2D eigenvalue weighted by Crippen LogP contribution is -2.32. The number of hydrogen-bond donors (Lipinski definition) is 1. The summed E-state index contributed by atoms with van der Waals surface area (Å²) in [6, 6.07) is 2.85. The van der Waals surface area contributed by atoms with E-state index in [1.807, 2.05) is 6.08 Å². The zero-order valence-corrected chi connectivity index (χ0v) is 15.7. The van der Waals surface area contributed by atoms with Gasteiger partial charge in [-0.2, -0.15) is 0 Å². The van der Waals surface area contributed by atoms with Gasteiger partial charge in [0.15, 0.2) is 0 Å². The zero-order chi connectivity index (χ0) is 17.6.